The molecule has 2 aromatic carbocycles. The van der Waals surface area contributed by atoms with Crippen LogP contribution >= 0.6 is 11.6 Å². The Morgan fingerprint density at radius 1 is 1.07 bits per heavy atom. The fourth-order valence-corrected chi connectivity index (χ4v) is 3.63. The maximum absolute atomic E-state index is 13.5. The van der Waals surface area contributed by atoms with Gasteiger partial charge in [-0.05, 0) is 53.8 Å². The van der Waals surface area contributed by atoms with Gasteiger partial charge in [-0.15, -0.1) is 0 Å². The molecule has 2 aromatic heterocycles. The van der Waals surface area contributed by atoms with Crippen molar-refractivity contribution < 1.29 is 4.39 Å². The number of hydrogen-bond acceptors (Lipinski definition) is 2. The molecule has 0 atom stereocenters. The molecule has 142 valence electrons. The monoisotopic (exact) mass is 393 g/mol. The van der Waals surface area contributed by atoms with E-state index in [9.17, 15) is 4.39 Å². The highest BCUT2D eigenvalue weighted by Gasteiger charge is 2.11. The summed E-state index contributed by atoms with van der Waals surface area (Å²) in [5, 5.41) is 0.628. The van der Waals surface area contributed by atoms with Crippen molar-refractivity contribution in [2.45, 2.75) is 26.8 Å². The first-order valence-electron chi connectivity index (χ1n) is 9.34. The van der Waals surface area contributed by atoms with Crippen molar-refractivity contribution in [1.82, 2.24) is 14.5 Å². The first-order chi connectivity index (χ1) is 13.5. The molecule has 0 N–H and O–H groups in total. The minimum absolute atomic E-state index is 0.233. The summed E-state index contributed by atoms with van der Waals surface area (Å²) in [5.74, 6) is 0.292. The lowest BCUT2D eigenvalue weighted by atomic mass is 10.0. The Morgan fingerprint density at radius 2 is 1.93 bits per heavy atom. The maximum atomic E-state index is 13.5. The van der Waals surface area contributed by atoms with Gasteiger partial charge in [-0.2, -0.15) is 0 Å². The Kier molecular flexibility index (Phi) is 5.14. The molecule has 0 amide bonds. The van der Waals surface area contributed by atoms with E-state index < -0.39 is 0 Å². The van der Waals surface area contributed by atoms with Gasteiger partial charge in [-0.25, -0.2) is 9.37 Å². The van der Waals surface area contributed by atoms with E-state index in [2.05, 4.69) is 35.9 Å². The normalized spacial score (nSPS) is 11.5. The van der Waals surface area contributed by atoms with Crippen molar-refractivity contribution >= 4 is 22.6 Å². The second-order valence-corrected chi connectivity index (χ2v) is 7.87. The fourth-order valence-electron chi connectivity index (χ4n) is 3.42. The van der Waals surface area contributed by atoms with Crippen LogP contribution in [0.5, 0.6) is 0 Å². The molecule has 0 aliphatic rings. The lowest BCUT2D eigenvalue weighted by Gasteiger charge is -2.10. The number of imidazole rings is 1. The standard InChI is InChI=1S/C23H21ClFN3/c1-15(2)8-19-11-20(21(24)12-26-19)17-6-7-22-23(10-17)28(14-27-22)13-16-4-3-5-18(25)9-16/h3-7,9-12,14-15H,8,13H2,1-2H3. The molecule has 0 aliphatic heterocycles. The average Bonchev–Trinajstić information content (AvgIpc) is 3.05. The van der Waals surface area contributed by atoms with Gasteiger partial charge in [0.15, 0.2) is 0 Å². The molecule has 0 saturated carbocycles. The van der Waals surface area contributed by atoms with E-state index >= 15 is 0 Å². The van der Waals surface area contributed by atoms with Gasteiger partial charge in [0.05, 0.1) is 22.4 Å². The summed E-state index contributed by atoms with van der Waals surface area (Å²) in [7, 11) is 0. The Hall–Kier alpha value is -2.72. The van der Waals surface area contributed by atoms with Gasteiger partial charge in [0.1, 0.15) is 5.82 Å². The predicted molar refractivity (Wildman–Crippen MR) is 112 cm³/mol. The van der Waals surface area contributed by atoms with Gasteiger partial charge >= 0.3 is 0 Å². The fraction of sp³-hybridized carbons (Fsp3) is 0.217. The summed E-state index contributed by atoms with van der Waals surface area (Å²) in [6, 6.07) is 14.8. The summed E-state index contributed by atoms with van der Waals surface area (Å²) in [5.41, 5.74) is 5.79. The topological polar surface area (TPSA) is 30.7 Å². The molecule has 4 aromatic rings. The number of fused-ring (bicyclic) bond motifs is 1. The molecule has 0 spiro atoms. The highest BCUT2D eigenvalue weighted by Crippen LogP contribution is 2.31. The molecule has 4 rings (SSSR count). The minimum Gasteiger partial charge on any atom is -0.326 e. The quantitative estimate of drug-likeness (QED) is 0.408. The van der Waals surface area contributed by atoms with E-state index in [0.717, 1.165) is 39.8 Å². The van der Waals surface area contributed by atoms with Crippen LogP contribution in [-0.2, 0) is 13.0 Å². The molecule has 0 radical (unpaired) electrons. The Bertz CT molecular complexity index is 1130. The molecule has 5 heteroatoms. The highest BCUT2D eigenvalue weighted by atomic mass is 35.5. The molecular weight excluding hydrogens is 373 g/mol. The SMILES string of the molecule is CC(C)Cc1cc(-c2ccc3ncn(Cc4cccc(F)c4)c3c2)c(Cl)cn1. The van der Waals surface area contributed by atoms with Crippen molar-refractivity contribution in [3.8, 4) is 11.1 Å². The van der Waals surface area contributed by atoms with Gasteiger partial charge in [0.25, 0.3) is 0 Å². The number of nitrogens with zero attached hydrogens (tertiary/aromatic N) is 3. The van der Waals surface area contributed by atoms with Crippen molar-refractivity contribution in [3.05, 3.63) is 83.2 Å². The number of aromatic nitrogens is 3. The van der Waals surface area contributed by atoms with Gasteiger partial charge in [-0.1, -0.05) is 43.6 Å². The van der Waals surface area contributed by atoms with Crippen LogP contribution in [0.3, 0.4) is 0 Å². The van der Waals surface area contributed by atoms with Gasteiger partial charge < -0.3 is 4.57 Å². The van der Waals surface area contributed by atoms with Crippen molar-refractivity contribution in [2.75, 3.05) is 0 Å². The van der Waals surface area contributed by atoms with Crippen LogP contribution < -0.4 is 0 Å². The molecule has 0 fully saturated rings. The van der Waals surface area contributed by atoms with Crippen molar-refractivity contribution in [3.63, 3.8) is 0 Å². The van der Waals surface area contributed by atoms with Crippen LogP contribution in [0.15, 0.2) is 61.1 Å². The first-order valence-corrected chi connectivity index (χ1v) is 9.71. The van der Waals surface area contributed by atoms with E-state index in [1.165, 1.54) is 6.07 Å². The van der Waals surface area contributed by atoms with Crippen LogP contribution in [0.2, 0.25) is 5.02 Å². The Morgan fingerprint density at radius 3 is 2.71 bits per heavy atom. The van der Waals surface area contributed by atoms with Crippen LogP contribution in [0.4, 0.5) is 4.39 Å². The molecule has 2 heterocycles. The van der Waals surface area contributed by atoms with E-state index in [-0.39, 0.29) is 5.82 Å². The summed E-state index contributed by atoms with van der Waals surface area (Å²) in [6.45, 7) is 4.90. The van der Waals surface area contributed by atoms with Crippen molar-refractivity contribution in [2.24, 2.45) is 5.92 Å². The zero-order valence-electron chi connectivity index (χ0n) is 15.9. The molecule has 0 saturated heterocycles. The molecule has 0 bridgehead atoms. The average molecular weight is 394 g/mol. The van der Waals surface area contributed by atoms with Gasteiger partial charge in [-0.3, -0.25) is 4.98 Å². The molecular formula is C23H21ClFN3. The number of pyridine rings is 1. The third-order valence-electron chi connectivity index (χ3n) is 4.70. The zero-order valence-corrected chi connectivity index (χ0v) is 16.6. The summed E-state index contributed by atoms with van der Waals surface area (Å²) >= 11 is 6.45. The van der Waals surface area contributed by atoms with Crippen LogP contribution in [-0.4, -0.2) is 14.5 Å². The van der Waals surface area contributed by atoms with Crippen LogP contribution in [0, 0.1) is 11.7 Å². The Labute approximate surface area is 168 Å². The summed E-state index contributed by atoms with van der Waals surface area (Å²) in [4.78, 5) is 8.93. The lowest BCUT2D eigenvalue weighted by molar-refractivity contribution is 0.624. The zero-order chi connectivity index (χ0) is 19.7. The molecule has 0 aliphatic carbocycles. The number of benzene rings is 2. The van der Waals surface area contributed by atoms with Crippen molar-refractivity contribution in [1.29, 1.82) is 0 Å². The van der Waals surface area contributed by atoms with Gasteiger partial charge in [0.2, 0.25) is 0 Å². The van der Waals surface area contributed by atoms with E-state index in [4.69, 9.17) is 11.6 Å². The number of halogens is 2. The van der Waals surface area contributed by atoms with E-state index in [1.807, 2.05) is 22.8 Å². The third kappa shape index (κ3) is 3.92. The van der Waals surface area contributed by atoms with Crippen LogP contribution in [0.25, 0.3) is 22.2 Å². The predicted octanol–water partition coefficient (Wildman–Crippen LogP) is 6.14. The number of rotatable bonds is 5. The number of hydrogen-bond donors (Lipinski definition) is 0. The highest BCUT2D eigenvalue weighted by molar-refractivity contribution is 6.33. The van der Waals surface area contributed by atoms with Gasteiger partial charge in [0, 0.05) is 24.0 Å². The minimum atomic E-state index is -0.233. The smallest absolute Gasteiger partial charge is 0.123 e. The van der Waals surface area contributed by atoms with Crippen LogP contribution in [0.1, 0.15) is 25.1 Å². The van der Waals surface area contributed by atoms with E-state index in [0.29, 0.717) is 17.5 Å². The largest absolute Gasteiger partial charge is 0.326 e. The maximum Gasteiger partial charge on any atom is 0.123 e. The summed E-state index contributed by atoms with van der Waals surface area (Å²) < 4.78 is 15.5. The molecule has 0 unspecified atom stereocenters. The molecule has 3 nitrogen and oxygen atoms in total. The Balaban J connectivity index is 1.74. The summed E-state index contributed by atoms with van der Waals surface area (Å²) in [6.07, 6.45) is 4.42. The van der Waals surface area contributed by atoms with E-state index in [1.54, 1.807) is 24.7 Å². The molecule has 28 heavy (non-hydrogen) atoms. The second kappa shape index (κ2) is 7.72. The first kappa shape index (κ1) is 18.6. The second-order valence-electron chi connectivity index (χ2n) is 7.46. The third-order valence-corrected chi connectivity index (χ3v) is 5.00. The lowest BCUT2D eigenvalue weighted by Crippen LogP contribution is -1.99.